The van der Waals surface area contributed by atoms with Gasteiger partial charge in [0.25, 0.3) is 5.91 Å². The fraction of sp³-hybridized carbons (Fsp3) is 0.375. The molecule has 1 aromatic heterocycles. The van der Waals surface area contributed by atoms with Crippen LogP contribution in [0.15, 0.2) is 65.1 Å². The van der Waals surface area contributed by atoms with Gasteiger partial charge in [0.05, 0.1) is 0 Å². The molecular formula is C24H28N2O2. The van der Waals surface area contributed by atoms with Crippen LogP contribution in [0.2, 0.25) is 0 Å². The third kappa shape index (κ3) is 4.28. The lowest BCUT2D eigenvalue weighted by Gasteiger charge is -2.37. The minimum absolute atomic E-state index is 0.0210. The van der Waals surface area contributed by atoms with Crippen molar-refractivity contribution in [1.82, 2.24) is 9.80 Å². The summed E-state index contributed by atoms with van der Waals surface area (Å²) in [6.45, 7) is 3.15. The van der Waals surface area contributed by atoms with E-state index in [0.717, 1.165) is 56.3 Å². The number of piperidine rings is 1. The van der Waals surface area contributed by atoms with E-state index in [-0.39, 0.29) is 11.9 Å². The minimum Gasteiger partial charge on any atom is -0.451 e. The summed E-state index contributed by atoms with van der Waals surface area (Å²) in [5.74, 6) is 0.414. The molecule has 0 N–H and O–H groups in total. The van der Waals surface area contributed by atoms with E-state index in [0.29, 0.717) is 5.76 Å². The molecule has 1 aliphatic rings. The second-order valence-electron chi connectivity index (χ2n) is 7.75. The highest BCUT2D eigenvalue weighted by atomic mass is 16.3. The molecule has 146 valence electrons. The summed E-state index contributed by atoms with van der Waals surface area (Å²) in [6.07, 6.45) is 4.44. The van der Waals surface area contributed by atoms with E-state index in [1.807, 2.05) is 42.3 Å². The van der Waals surface area contributed by atoms with Crippen LogP contribution in [0.5, 0.6) is 0 Å². The van der Waals surface area contributed by atoms with Gasteiger partial charge in [-0.05, 0) is 56.5 Å². The number of carbonyl (C=O) groups is 1. The van der Waals surface area contributed by atoms with Gasteiger partial charge in [0.15, 0.2) is 5.76 Å². The van der Waals surface area contributed by atoms with Gasteiger partial charge in [-0.25, -0.2) is 0 Å². The number of rotatable bonds is 6. The number of para-hydroxylation sites is 1. The van der Waals surface area contributed by atoms with Crippen LogP contribution < -0.4 is 0 Å². The van der Waals surface area contributed by atoms with E-state index in [1.54, 1.807) is 0 Å². The van der Waals surface area contributed by atoms with Gasteiger partial charge < -0.3 is 14.2 Å². The lowest BCUT2D eigenvalue weighted by atomic mass is 10.0. The monoisotopic (exact) mass is 376 g/mol. The Bertz CT molecular complexity index is 886. The number of fused-ring (bicyclic) bond motifs is 1. The topological polar surface area (TPSA) is 36.7 Å². The summed E-state index contributed by atoms with van der Waals surface area (Å²) >= 11 is 0. The Morgan fingerprint density at radius 3 is 2.75 bits per heavy atom. The molecule has 2 heterocycles. The predicted octanol–water partition coefficient (Wildman–Crippen LogP) is 4.60. The molecule has 28 heavy (non-hydrogen) atoms. The van der Waals surface area contributed by atoms with E-state index >= 15 is 0 Å². The van der Waals surface area contributed by atoms with E-state index in [2.05, 4.69) is 35.2 Å². The first-order valence-corrected chi connectivity index (χ1v) is 10.2. The number of amides is 1. The number of carbonyl (C=O) groups excluding carboxylic acids is 1. The van der Waals surface area contributed by atoms with Gasteiger partial charge in [-0.3, -0.25) is 4.79 Å². The van der Waals surface area contributed by atoms with Crippen molar-refractivity contribution in [2.24, 2.45) is 0 Å². The highest BCUT2D eigenvalue weighted by molar-refractivity contribution is 5.96. The lowest BCUT2D eigenvalue weighted by molar-refractivity contribution is 0.0589. The normalized spacial score (nSPS) is 17.7. The molecule has 3 aromatic rings. The average Bonchev–Trinajstić information content (AvgIpc) is 3.18. The van der Waals surface area contributed by atoms with Crippen molar-refractivity contribution in [3.05, 3.63) is 72.0 Å². The summed E-state index contributed by atoms with van der Waals surface area (Å²) in [6, 6.07) is 20.5. The molecule has 1 saturated heterocycles. The highest BCUT2D eigenvalue weighted by Crippen LogP contribution is 2.22. The summed E-state index contributed by atoms with van der Waals surface area (Å²) < 4.78 is 5.78. The fourth-order valence-corrected chi connectivity index (χ4v) is 4.13. The van der Waals surface area contributed by atoms with Crippen molar-refractivity contribution in [2.75, 3.05) is 26.7 Å². The molecule has 0 bridgehead atoms. The molecule has 1 aliphatic heterocycles. The van der Waals surface area contributed by atoms with Gasteiger partial charge in [0.1, 0.15) is 5.58 Å². The summed E-state index contributed by atoms with van der Waals surface area (Å²) in [4.78, 5) is 17.3. The molecule has 0 spiro atoms. The Morgan fingerprint density at radius 1 is 1.14 bits per heavy atom. The van der Waals surface area contributed by atoms with Crippen LogP contribution in [0, 0.1) is 0 Å². The third-order valence-corrected chi connectivity index (χ3v) is 5.77. The number of furan rings is 1. The number of nitrogens with zero attached hydrogens (tertiary/aromatic N) is 2. The van der Waals surface area contributed by atoms with Crippen LogP contribution in [0.3, 0.4) is 0 Å². The summed E-state index contributed by atoms with van der Waals surface area (Å²) in [5.41, 5.74) is 2.17. The third-order valence-electron chi connectivity index (χ3n) is 5.77. The second kappa shape index (κ2) is 8.61. The number of likely N-dealkylation sites (N-methyl/N-ethyl adjacent to an activating group) is 1. The van der Waals surface area contributed by atoms with Crippen LogP contribution in [-0.2, 0) is 6.42 Å². The van der Waals surface area contributed by atoms with E-state index in [4.69, 9.17) is 4.42 Å². The number of likely N-dealkylation sites (tertiary alicyclic amines) is 1. The molecule has 0 aliphatic carbocycles. The first kappa shape index (κ1) is 18.8. The van der Waals surface area contributed by atoms with Gasteiger partial charge in [0, 0.05) is 25.0 Å². The second-order valence-corrected chi connectivity index (χ2v) is 7.75. The van der Waals surface area contributed by atoms with Crippen molar-refractivity contribution in [3.8, 4) is 0 Å². The maximum atomic E-state index is 12.9. The number of hydrogen-bond donors (Lipinski definition) is 0. The van der Waals surface area contributed by atoms with Crippen molar-refractivity contribution in [2.45, 2.75) is 31.7 Å². The maximum absolute atomic E-state index is 12.9. The predicted molar refractivity (Wildman–Crippen MR) is 113 cm³/mol. The Kier molecular flexibility index (Phi) is 5.77. The van der Waals surface area contributed by atoms with E-state index in [1.165, 1.54) is 5.56 Å². The molecule has 0 saturated carbocycles. The summed E-state index contributed by atoms with van der Waals surface area (Å²) in [5, 5.41) is 0.977. The Morgan fingerprint density at radius 2 is 1.93 bits per heavy atom. The van der Waals surface area contributed by atoms with E-state index < -0.39 is 0 Å². The largest absolute Gasteiger partial charge is 0.451 e. The van der Waals surface area contributed by atoms with Crippen molar-refractivity contribution >= 4 is 16.9 Å². The Labute approximate surface area is 166 Å². The Balaban J connectivity index is 1.33. The molecular weight excluding hydrogens is 348 g/mol. The molecule has 4 nitrogen and oxygen atoms in total. The van der Waals surface area contributed by atoms with Gasteiger partial charge in [-0.1, -0.05) is 48.5 Å². The van der Waals surface area contributed by atoms with Crippen LogP contribution in [0.25, 0.3) is 11.0 Å². The number of benzene rings is 2. The molecule has 1 fully saturated rings. The van der Waals surface area contributed by atoms with Crippen molar-refractivity contribution in [1.29, 1.82) is 0 Å². The maximum Gasteiger partial charge on any atom is 0.289 e. The molecule has 4 heteroatoms. The molecule has 4 rings (SSSR count). The van der Waals surface area contributed by atoms with Crippen LogP contribution in [-0.4, -0.2) is 48.4 Å². The van der Waals surface area contributed by atoms with Gasteiger partial charge in [-0.2, -0.15) is 0 Å². The lowest BCUT2D eigenvalue weighted by Crippen LogP contribution is -2.48. The van der Waals surface area contributed by atoms with Crippen molar-refractivity contribution in [3.63, 3.8) is 0 Å². The fourth-order valence-electron chi connectivity index (χ4n) is 4.13. The quantitative estimate of drug-likeness (QED) is 0.631. The zero-order valence-electron chi connectivity index (χ0n) is 16.5. The molecule has 1 amide bonds. The molecule has 0 unspecified atom stereocenters. The van der Waals surface area contributed by atoms with Crippen LogP contribution in [0.1, 0.15) is 35.4 Å². The first-order valence-electron chi connectivity index (χ1n) is 10.2. The van der Waals surface area contributed by atoms with Gasteiger partial charge >= 0.3 is 0 Å². The zero-order valence-corrected chi connectivity index (χ0v) is 16.5. The minimum atomic E-state index is -0.0210. The smallest absolute Gasteiger partial charge is 0.289 e. The number of aryl methyl sites for hydroxylation is 1. The van der Waals surface area contributed by atoms with Crippen LogP contribution in [0.4, 0.5) is 0 Å². The molecule has 0 radical (unpaired) electrons. The summed E-state index contributed by atoms with van der Waals surface area (Å²) in [7, 11) is 1.91. The molecule has 1 atom stereocenters. The Hall–Kier alpha value is -2.59. The van der Waals surface area contributed by atoms with E-state index in [9.17, 15) is 4.79 Å². The number of hydrogen-bond acceptors (Lipinski definition) is 3. The standard InChI is InChI=1S/C24H28N2O2/c1-25(24(27)23-17-20-12-5-6-14-22(20)28-23)21-13-8-16-26(18-21)15-7-11-19-9-3-2-4-10-19/h2-6,9-10,12,14,17,21H,7-8,11,13,15-16,18H2,1H3/t21-/m0/s1. The SMILES string of the molecule is CN(C(=O)c1cc2ccccc2o1)[C@H]1CCCN(CCCc2ccccc2)C1. The zero-order chi connectivity index (χ0) is 19.3. The molecule has 2 aromatic carbocycles. The van der Waals surface area contributed by atoms with Crippen molar-refractivity contribution < 1.29 is 9.21 Å². The first-order chi connectivity index (χ1) is 13.7. The highest BCUT2D eigenvalue weighted by Gasteiger charge is 2.28. The van der Waals surface area contributed by atoms with Crippen LogP contribution >= 0.6 is 0 Å². The van der Waals surface area contributed by atoms with Gasteiger partial charge in [-0.15, -0.1) is 0 Å². The van der Waals surface area contributed by atoms with Gasteiger partial charge in [0.2, 0.25) is 0 Å². The average molecular weight is 377 g/mol.